The van der Waals surface area contributed by atoms with E-state index in [1.165, 1.54) is 5.69 Å². The van der Waals surface area contributed by atoms with E-state index in [-0.39, 0.29) is 5.91 Å². The molecule has 158 valence electrons. The molecule has 1 fully saturated rings. The van der Waals surface area contributed by atoms with Crippen molar-refractivity contribution in [2.75, 3.05) is 31.1 Å². The van der Waals surface area contributed by atoms with Gasteiger partial charge in [0.05, 0.1) is 11.3 Å². The van der Waals surface area contributed by atoms with Gasteiger partial charge in [0, 0.05) is 37.4 Å². The minimum atomic E-state index is -0.643. The smallest absolute Gasteiger partial charge is 0.271 e. The van der Waals surface area contributed by atoms with E-state index in [2.05, 4.69) is 53.2 Å². The van der Waals surface area contributed by atoms with Crippen LogP contribution in [0.1, 0.15) is 57.4 Å². The Hall–Kier alpha value is -2.34. The van der Waals surface area contributed by atoms with Gasteiger partial charge in [-0.1, -0.05) is 12.1 Å². The van der Waals surface area contributed by atoms with Gasteiger partial charge in [-0.05, 0) is 71.1 Å². The fourth-order valence-corrected chi connectivity index (χ4v) is 4.23. The van der Waals surface area contributed by atoms with Crippen LogP contribution >= 0.6 is 0 Å². The molecule has 2 aromatic rings. The van der Waals surface area contributed by atoms with Gasteiger partial charge < -0.3 is 14.9 Å². The minimum absolute atomic E-state index is 0.00483. The highest BCUT2D eigenvalue weighted by Crippen LogP contribution is 2.27. The molecular weight excluding hydrogens is 364 g/mol. The molecular formula is C23H34N4O2. The maximum absolute atomic E-state index is 12.9. The predicted molar refractivity (Wildman–Crippen MR) is 117 cm³/mol. The number of anilines is 1. The first-order valence-electron chi connectivity index (χ1n) is 10.7. The van der Waals surface area contributed by atoms with Crippen LogP contribution in [0, 0.1) is 5.92 Å². The second-order valence-electron chi connectivity index (χ2n) is 8.64. The highest BCUT2D eigenvalue weighted by atomic mass is 16.3. The molecule has 29 heavy (non-hydrogen) atoms. The second-order valence-corrected chi connectivity index (χ2v) is 8.64. The molecule has 0 spiro atoms. The summed E-state index contributed by atoms with van der Waals surface area (Å²) in [6.45, 7) is 11.4. The number of nitrogens with one attached hydrogen (secondary N) is 1. The summed E-state index contributed by atoms with van der Waals surface area (Å²) in [5, 5.41) is 17.3. The number of nitrogens with zero attached hydrogens (tertiary/aromatic N) is 3. The lowest BCUT2D eigenvalue weighted by Crippen LogP contribution is -2.40. The fourth-order valence-electron chi connectivity index (χ4n) is 4.23. The van der Waals surface area contributed by atoms with E-state index in [0.717, 1.165) is 56.7 Å². The first-order chi connectivity index (χ1) is 13.8. The number of aliphatic hydroxyl groups is 1. The van der Waals surface area contributed by atoms with Crippen molar-refractivity contribution >= 4 is 11.6 Å². The summed E-state index contributed by atoms with van der Waals surface area (Å²) in [6, 6.07) is 10.2. The van der Waals surface area contributed by atoms with Crippen LogP contribution < -0.4 is 4.90 Å². The topological polar surface area (TPSA) is 72.5 Å². The summed E-state index contributed by atoms with van der Waals surface area (Å²) in [6.07, 6.45) is 2.65. The van der Waals surface area contributed by atoms with Crippen LogP contribution in [0.25, 0.3) is 11.3 Å². The van der Waals surface area contributed by atoms with E-state index in [0.29, 0.717) is 11.6 Å². The maximum atomic E-state index is 12.9. The zero-order chi connectivity index (χ0) is 21.0. The van der Waals surface area contributed by atoms with Gasteiger partial charge >= 0.3 is 0 Å². The summed E-state index contributed by atoms with van der Waals surface area (Å²) in [5.41, 5.74) is 2.88. The van der Waals surface area contributed by atoms with Crippen LogP contribution in [0.5, 0.6) is 0 Å². The van der Waals surface area contributed by atoms with Gasteiger partial charge in [0.1, 0.15) is 5.69 Å². The van der Waals surface area contributed by atoms with Gasteiger partial charge in [-0.2, -0.15) is 5.10 Å². The summed E-state index contributed by atoms with van der Waals surface area (Å²) >= 11 is 0. The number of aromatic amines is 1. The highest BCUT2D eigenvalue weighted by Gasteiger charge is 2.28. The van der Waals surface area contributed by atoms with Crippen LogP contribution in [0.2, 0.25) is 0 Å². The lowest BCUT2D eigenvalue weighted by molar-refractivity contribution is 0.0357. The molecule has 0 saturated carbocycles. The van der Waals surface area contributed by atoms with Crippen molar-refractivity contribution < 1.29 is 9.90 Å². The first kappa shape index (κ1) is 21.4. The average molecular weight is 399 g/mol. The molecule has 0 radical (unpaired) electrons. The van der Waals surface area contributed by atoms with Gasteiger partial charge in [-0.25, -0.2) is 0 Å². The number of rotatable bonds is 7. The Morgan fingerprint density at radius 3 is 2.38 bits per heavy atom. The standard InChI is InChI=1S/C23H34N4O2/c1-5-26(6-2)19-9-7-18(8-10-19)20-15-21(25-24-20)22(28)27-13-11-17(12-14-27)16-23(3,4)29/h7-10,15,17,29H,5-6,11-14,16H2,1-4H3,(H,24,25). The number of H-pyrrole nitrogens is 1. The number of carbonyl (C=O) groups excluding carboxylic acids is 1. The van der Waals surface area contributed by atoms with Crippen molar-refractivity contribution in [3.63, 3.8) is 0 Å². The summed E-state index contributed by atoms with van der Waals surface area (Å²) in [5.74, 6) is 0.478. The summed E-state index contributed by atoms with van der Waals surface area (Å²) in [7, 11) is 0. The number of aromatic nitrogens is 2. The Labute approximate surface area is 173 Å². The molecule has 2 heterocycles. The van der Waals surface area contributed by atoms with Crippen molar-refractivity contribution in [3.8, 4) is 11.3 Å². The van der Waals surface area contributed by atoms with E-state index in [4.69, 9.17) is 0 Å². The molecule has 1 aromatic carbocycles. The highest BCUT2D eigenvalue weighted by molar-refractivity contribution is 5.93. The molecule has 1 aliphatic heterocycles. The third-order valence-electron chi connectivity index (χ3n) is 5.79. The van der Waals surface area contributed by atoms with Crippen molar-refractivity contribution in [2.24, 2.45) is 5.92 Å². The molecule has 0 unspecified atom stereocenters. The third-order valence-corrected chi connectivity index (χ3v) is 5.79. The largest absolute Gasteiger partial charge is 0.390 e. The molecule has 1 aromatic heterocycles. The molecule has 3 rings (SSSR count). The Morgan fingerprint density at radius 2 is 1.83 bits per heavy atom. The quantitative estimate of drug-likeness (QED) is 0.741. The van der Waals surface area contributed by atoms with E-state index < -0.39 is 5.60 Å². The number of amides is 1. The van der Waals surface area contributed by atoms with Gasteiger partial charge in [0.2, 0.25) is 0 Å². The third kappa shape index (κ3) is 5.38. The van der Waals surface area contributed by atoms with Gasteiger partial charge in [0.25, 0.3) is 5.91 Å². The molecule has 1 saturated heterocycles. The lowest BCUT2D eigenvalue weighted by Gasteiger charge is -2.34. The van der Waals surface area contributed by atoms with E-state index in [1.807, 2.05) is 24.8 Å². The predicted octanol–water partition coefficient (Wildman–Crippen LogP) is 3.94. The number of benzene rings is 1. The van der Waals surface area contributed by atoms with Crippen LogP contribution in [0.15, 0.2) is 30.3 Å². The molecule has 1 amide bonds. The molecule has 2 N–H and O–H groups in total. The second kappa shape index (κ2) is 8.99. The van der Waals surface area contributed by atoms with E-state index in [9.17, 15) is 9.90 Å². The van der Waals surface area contributed by atoms with Gasteiger partial charge in [-0.15, -0.1) is 0 Å². The normalized spacial score (nSPS) is 15.6. The Bertz CT molecular complexity index is 795. The summed E-state index contributed by atoms with van der Waals surface area (Å²) < 4.78 is 0. The maximum Gasteiger partial charge on any atom is 0.271 e. The number of likely N-dealkylation sites (tertiary alicyclic amines) is 1. The minimum Gasteiger partial charge on any atom is -0.390 e. The molecule has 0 atom stereocenters. The van der Waals surface area contributed by atoms with Crippen LogP contribution in [0.4, 0.5) is 5.69 Å². The SMILES string of the molecule is CCN(CC)c1ccc(-c2cc(C(=O)N3CCC(CC(C)(C)O)CC3)[nH]n2)cc1. The lowest BCUT2D eigenvalue weighted by atomic mass is 9.86. The number of piperidine rings is 1. The number of carbonyl (C=O) groups is 1. The Morgan fingerprint density at radius 1 is 1.21 bits per heavy atom. The Kier molecular flexibility index (Phi) is 6.63. The van der Waals surface area contributed by atoms with Crippen molar-refractivity contribution in [1.82, 2.24) is 15.1 Å². The molecule has 1 aliphatic rings. The van der Waals surface area contributed by atoms with E-state index >= 15 is 0 Å². The average Bonchev–Trinajstić information content (AvgIpc) is 3.18. The fraction of sp³-hybridized carbons (Fsp3) is 0.565. The first-order valence-corrected chi connectivity index (χ1v) is 10.7. The van der Waals surface area contributed by atoms with Crippen molar-refractivity contribution in [3.05, 3.63) is 36.0 Å². The molecule has 0 bridgehead atoms. The van der Waals surface area contributed by atoms with Crippen LogP contribution in [-0.4, -0.2) is 57.9 Å². The molecule has 0 aliphatic carbocycles. The number of hydrogen-bond donors (Lipinski definition) is 2. The molecule has 6 nitrogen and oxygen atoms in total. The van der Waals surface area contributed by atoms with Crippen molar-refractivity contribution in [2.45, 2.75) is 52.6 Å². The summed E-state index contributed by atoms with van der Waals surface area (Å²) in [4.78, 5) is 17.0. The number of hydrogen-bond acceptors (Lipinski definition) is 4. The van der Waals surface area contributed by atoms with E-state index in [1.54, 1.807) is 0 Å². The molecule has 6 heteroatoms. The van der Waals surface area contributed by atoms with Gasteiger partial charge in [-0.3, -0.25) is 9.89 Å². The zero-order valence-electron chi connectivity index (χ0n) is 18.1. The van der Waals surface area contributed by atoms with Crippen LogP contribution in [-0.2, 0) is 0 Å². The van der Waals surface area contributed by atoms with Crippen molar-refractivity contribution in [1.29, 1.82) is 0 Å². The Balaban J connectivity index is 1.62. The monoisotopic (exact) mass is 398 g/mol. The van der Waals surface area contributed by atoms with Crippen LogP contribution in [0.3, 0.4) is 0 Å². The van der Waals surface area contributed by atoms with Gasteiger partial charge in [0.15, 0.2) is 0 Å². The zero-order valence-corrected chi connectivity index (χ0v) is 18.1.